The van der Waals surface area contributed by atoms with Crippen molar-refractivity contribution in [2.24, 2.45) is 0 Å². The molecule has 0 saturated carbocycles. The van der Waals surface area contributed by atoms with Crippen LogP contribution in [0.3, 0.4) is 0 Å². The van der Waals surface area contributed by atoms with Crippen molar-refractivity contribution in [2.75, 3.05) is 31.8 Å². The minimum absolute atomic E-state index is 0.0881. The monoisotopic (exact) mass is 272 g/mol. The summed E-state index contributed by atoms with van der Waals surface area (Å²) < 4.78 is 33.6. The maximum Gasteiger partial charge on any atom is 0.152 e. The molecule has 5 heteroatoms. The fraction of sp³-hybridized carbons (Fsp3) is 0.538. The van der Waals surface area contributed by atoms with Crippen LogP contribution in [0.2, 0.25) is 0 Å². The molecular formula is C13H20O4S. The Morgan fingerprint density at radius 1 is 1.22 bits per heavy atom. The third-order valence-corrected chi connectivity index (χ3v) is 4.19. The number of methoxy groups -OCH3 is 1. The van der Waals surface area contributed by atoms with Gasteiger partial charge in [0.1, 0.15) is 5.75 Å². The number of aryl methyl sites for hydroxylation is 1. The Morgan fingerprint density at radius 2 is 2.00 bits per heavy atom. The Labute approximate surface area is 109 Å². The molecule has 1 rings (SSSR count). The van der Waals surface area contributed by atoms with E-state index in [1.54, 1.807) is 7.11 Å². The molecule has 0 N–H and O–H groups in total. The van der Waals surface area contributed by atoms with Gasteiger partial charge in [0.05, 0.1) is 25.2 Å². The highest BCUT2D eigenvalue weighted by Gasteiger charge is 2.11. The van der Waals surface area contributed by atoms with Crippen LogP contribution in [-0.2, 0) is 21.0 Å². The van der Waals surface area contributed by atoms with Gasteiger partial charge in [0.25, 0.3) is 0 Å². The van der Waals surface area contributed by atoms with Crippen molar-refractivity contribution in [3.63, 3.8) is 0 Å². The average molecular weight is 272 g/mol. The summed E-state index contributed by atoms with van der Waals surface area (Å²) in [5, 5.41) is 0. The van der Waals surface area contributed by atoms with Gasteiger partial charge in [0, 0.05) is 6.61 Å². The first-order chi connectivity index (χ1) is 8.57. The molecule has 0 aromatic heterocycles. The van der Waals surface area contributed by atoms with Gasteiger partial charge in [-0.15, -0.1) is 0 Å². The van der Waals surface area contributed by atoms with E-state index in [4.69, 9.17) is 9.47 Å². The lowest BCUT2D eigenvalue weighted by molar-refractivity contribution is 0.163. The molecule has 102 valence electrons. The highest BCUT2D eigenvalue weighted by Crippen LogP contribution is 2.13. The van der Waals surface area contributed by atoms with Crippen LogP contribution < -0.4 is 4.74 Å². The number of sulfone groups is 1. The van der Waals surface area contributed by atoms with Crippen LogP contribution in [0.25, 0.3) is 0 Å². The SMILES string of the molecule is CCOCCS(=O)(=O)CCc1cccc(OC)c1. The molecule has 0 fully saturated rings. The lowest BCUT2D eigenvalue weighted by atomic mass is 10.2. The van der Waals surface area contributed by atoms with Crippen molar-refractivity contribution >= 4 is 9.84 Å². The number of ether oxygens (including phenoxy) is 2. The predicted octanol–water partition coefficient (Wildman–Crippen LogP) is 1.69. The van der Waals surface area contributed by atoms with Crippen LogP contribution in [0.1, 0.15) is 12.5 Å². The van der Waals surface area contributed by atoms with E-state index in [9.17, 15) is 8.42 Å². The summed E-state index contributed by atoms with van der Waals surface area (Å²) in [7, 11) is -1.44. The van der Waals surface area contributed by atoms with E-state index in [1.807, 2.05) is 31.2 Å². The van der Waals surface area contributed by atoms with E-state index >= 15 is 0 Å². The Morgan fingerprint density at radius 3 is 2.67 bits per heavy atom. The van der Waals surface area contributed by atoms with Crippen LogP contribution in [-0.4, -0.2) is 40.2 Å². The minimum atomic E-state index is -3.04. The molecule has 0 atom stereocenters. The van der Waals surface area contributed by atoms with Gasteiger partial charge < -0.3 is 9.47 Å². The van der Waals surface area contributed by atoms with Crippen molar-refractivity contribution in [1.82, 2.24) is 0 Å². The summed E-state index contributed by atoms with van der Waals surface area (Å²) in [6, 6.07) is 7.46. The highest BCUT2D eigenvalue weighted by molar-refractivity contribution is 7.91. The normalized spacial score (nSPS) is 11.4. The molecule has 4 nitrogen and oxygen atoms in total. The third kappa shape index (κ3) is 5.51. The number of benzene rings is 1. The molecular weight excluding hydrogens is 252 g/mol. The maximum absolute atomic E-state index is 11.7. The largest absolute Gasteiger partial charge is 0.497 e. The smallest absolute Gasteiger partial charge is 0.152 e. The van der Waals surface area contributed by atoms with Gasteiger partial charge in [-0.1, -0.05) is 12.1 Å². The summed E-state index contributed by atoms with van der Waals surface area (Å²) in [5.41, 5.74) is 0.967. The minimum Gasteiger partial charge on any atom is -0.497 e. The Bertz CT molecular complexity index is 454. The summed E-state index contributed by atoms with van der Waals surface area (Å²) in [6.45, 7) is 2.67. The summed E-state index contributed by atoms with van der Waals surface area (Å²) in [4.78, 5) is 0. The lowest BCUT2D eigenvalue weighted by Gasteiger charge is -2.06. The van der Waals surface area contributed by atoms with E-state index in [0.29, 0.717) is 13.0 Å². The second-order valence-electron chi connectivity index (χ2n) is 3.95. The molecule has 1 aromatic carbocycles. The van der Waals surface area contributed by atoms with Gasteiger partial charge in [-0.3, -0.25) is 0 Å². The molecule has 0 aliphatic rings. The highest BCUT2D eigenvalue weighted by atomic mass is 32.2. The molecule has 0 heterocycles. The summed E-state index contributed by atoms with van der Waals surface area (Å²) in [5.74, 6) is 0.983. The standard InChI is InChI=1S/C13H20O4S/c1-3-17-8-10-18(14,15)9-7-12-5-4-6-13(11-12)16-2/h4-6,11H,3,7-10H2,1-2H3. The van der Waals surface area contributed by atoms with Crippen LogP contribution in [0, 0.1) is 0 Å². The second-order valence-corrected chi connectivity index (χ2v) is 6.25. The molecule has 0 spiro atoms. The third-order valence-electron chi connectivity index (χ3n) is 2.58. The van der Waals surface area contributed by atoms with Crippen LogP contribution in [0.4, 0.5) is 0 Å². The van der Waals surface area contributed by atoms with E-state index < -0.39 is 9.84 Å². The molecule has 0 unspecified atom stereocenters. The number of hydrogen-bond acceptors (Lipinski definition) is 4. The molecule has 0 amide bonds. The van der Waals surface area contributed by atoms with Gasteiger partial charge >= 0.3 is 0 Å². The summed E-state index contributed by atoms with van der Waals surface area (Å²) in [6.07, 6.45) is 0.506. The van der Waals surface area contributed by atoms with E-state index in [-0.39, 0.29) is 18.1 Å². The zero-order valence-electron chi connectivity index (χ0n) is 10.9. The van der Waals surface area contributed by atoms with Crippen molar-refractivity contribution in [1.29, 1.82) is 0 Å². The fourth-order valence-electron chi connectivity index (χ4n) is 1.53. The topological polar surface area (TPSA) is 52.6 Å². The first-order valence-electron chi connectivity index (χ1n) is 5.98. The van der Waals surface area contributed by atoms with Gasteiger partial charge in [-0.25, -0.2) is 8.42 Å². The Hall–Kier alpha value is -1.07. The van der Waals surface area contributed by atoms with Crippen LogP contribution >= 0.6 is 0 Å². The zero-order valence-corrected chi connectivity index (χ0v) is 11.7. The van der Waals surface area contributed by atoms with Gasteiger partial charge in [-0.2, -0.15) is 0 Å². The van der Waals surface area contributed by atoms with Crippen LogP contribution in [0.5, 0.6) is 5.75 Å². The first-order valence-corrected chi connectivity index (χ1v) is 7.80. The molecule has 1 aromatic rings. The van der Waals surface area contributed by atoms with Crippen molar-refractivity contribution in [3.05, 3.63) is 29.8 Å². The quantitative estimate of drug-likeness (QED) is 0.676. The van der Waals surface area contributed by atoms with E-state index in [0.717, 1.165) is 11.3 Å². The van der Waals surface area contributed by atoms with Crippen molar-refractivity contribution in [2.45, 2.75) is 13.3 Å². The molecule has 0 saturated heterocycles. The van der Waals surface area contributed by atoms with Crippen molar-refractivity contribution in [3.8, 4) is 5.75 Å². The van der Waals surface area contributed by atoms with Crippen molar-refractivity contribution < 1.29 is 17.9 Å². The van der Waals surface area contributed by atoms with Gasteiger partial charge in [0.2, 0.25) is 0 Å². The fourth-order valence-corrected chi connectivity index (χ4v) is 2.66. The Kier molecular flexibility index (Phi) is 6.15. The predicted molar refractivity (Wildman–Crippen MR) is 71.8 cm³/mol. The molecule has 0 aliphatic heterocycles. The van der Waals surface area contributed by atoms with Crippen LogP contribution in [0.15, 0.2) is 24.3 Å². The zero-order chi connectivity index (χ0) is 13.4. The lowest BCUT2D eigenvalue weighted by Crippen LogP contribution is -2.17. The maximum atomic E-state index is 11.7. The average Bonchev–Trinajstić information content (AvgIpc) is 2.37. The summed E-state index contributed by atoms with van der Waals surface area (Å²) >= 11 is 0. The van der Waals surface area contributed by atoms with Gasteiger partial charge in [0.15, 0.2) is 9.84 Å². The molecule has 0 bridgehead atoms. The molecule has 0 aliphatic carbocycles. The molecule has 18 heavy (non-hydrogen) atoms. The number of rotatable bonds is 8. The van der Waals surface area contributed by atoms with E-state index in [1.165, 1.54) is 0 Å². The Balaban J connectivity index is 2.48. The number of hydrogen-bond donors (Lipinski definition) is 0. The van der Waals surface area contributed by atoms with E-state index in [2.05, 4.69) is 0 Å². The second kappa shape index (κ2) is 7.38. The first kappa shape index (κ1) is 15.0. The molecule has 0 radical (unpaired) electrons. The van der Waals surface area contributed by atoms with Gasteiger partial charge in [-0.05, 0) is 31.0 Å².